The van der Waals surface area contributed by atoms with Gasteiger partial charge in [0.25, 0.3) is 5.91 Å². The highest BCUT2D eigenvalue weighted by Crippen LogP contribution is 2.30. The lowest BCUT2D eigenvalue weighted by Crippen LogP contribution is -2.30. The molecule has 0 heterocycles. The first-order valence-corrected chi connectivity index (χ1v) is 9.18. The van der Waals surface area contributed by atoms with E-state index in [-0.39, 0.29) is 27.5 Å². The molecule has 132 valence electrons. The number of rotatable bonds is 6. The molecule has 1 aliphatic rings. The van der Waals surface area contributed by atoms with Crippen LogP contribution in [0.3, 0.4) is 0 Å². The first kappa shape index (κ1) is 18.7. The Morgan fingerprint density at radius 1 is 1.33 bits per heavy atom. The fraction of sp³-hybridized carbons (Fsp3) is 0.467. The fourth-order valence-corrected chi connectivity index (χ4v) is 3.26. The van der Waals surface area contributed by atoms with E-state index in [9.17, 15) is 18.0 Å². The highest BCUT2D eigenvalue weighted by molar-refractivity contribution is 7.89. The number of sulfonamides is 1. The Morgan fingerprint density at radius 2 is 1.96 bits per heavy atom. The van der Waals surface area contributed by atoms with Gasteiger partial charge in [0, 0.05) is 19.8 Å². The summed E-state index contributed by atoms with van der Waals surface area (Å²) in [5.41, 5.74) is 0.249. The van der Waals surface area contributed by atoms with Gasteiger partial charge in [-0.05, 0) is 38.0 Å². The van der Waals surface area contributed by atoms with E-state index in [4.69, 9.17) is 16.3 Å². The van der Waals surface area contributed by atoms with E-state index in [0.717, 1.165) is 17.1 Å². The van der Waals surface area contributed by atoms with Gasteiger partial charge in [0.1, 0.15) is 4.90 Å². The second-order valence-electron chi connectivity index (χ2n) is 5.78. The Bertz CT molecular complexity index is 759. The van der Waals surface area contributed by atoms with Gasteiger partial charge in [-0.3, -0.25) is 9.59 Å². The molecule has 1 saturated carbocycles. The first-order chi connectivity index (χ1) is 11.1. The van der Waals surface area contributed by atoms with Crippen LogP contribution in [0.5, 0.6) is 0 Å². The highest BCUT2D eigenvalue weighted by atomic mass is 35.5. The van der Waals surface area contributed by atoms with Crippen LogP contribution in [0.1, 0.15) is 19.8 Å². The minimum atomic E-state index is -3.74. The van der Waals surface area contributed by atoms with Crippen molar-refractivity contribution in [3.05, 3.63) is 23.2 Å². The van der Waals surface area contributed by atoms with E-state index in [2.05, 4.69) is 5.32 Å². The normalized spacial score (nSPS) is 15.9. The van der Waals surface area contributed by atoms with Crippen molar-refractivity contribution < 1.29 is 22.7 Å². The molecule has 0 saturated heterocycles. The largest absolute Gasteiger partial charge is 0.452 e. The molecule has 1 N–H and O–H groups in total. The number of esters is 1. The summed E-state index contributed by atoms with van der Waals surface area (Å²) in [6.07, 6.45) is 0.606. The molecule has 9 heteroatoms. The van der Waals surface area contributed by atoms with Gasteiger partial charge in [0.15, 0.2) is 6.10 Å². The summed E-state index contributed by atoms with van der Waals surface area (Å²) in [5.74, 6) is -1.03. The molecule has 0 aliphatic heterocycles. The first-order valence-electron chi connectivity index (χ1n) is 7.36. The molecule has 1 aliphatic carbocycles. The molecule has 7 nitrogen and oxygen atoms in total. The summed E-state index contributed by atoms with van der Waals surface area (Å²) in [6.45, 7) is 1.46. The number of benzene rings is 1. The van der Waals surface area contributed by atoms with Crippen LogP contribution >= 0.6 is 11.6 Å². The van der Waals surface area contributed by atoms with Crippen molar-refractivity contribution in [3.63, 3.8) is 0 Å². The molecule has 0 aromatic heterocycles. The second kappa shape index (κ2) is 7.08. The third-order valence-electron chi connectivity index (χ3n) is 3.53. The average Bonchev–Trinajstić information content (AvgIpc) is 3.33. The van der Waals surface area contributed by atoms with Crippen molar-refractivity contribution in [1.82, 2.24) is 4.31 Å². The number of hydrogen-bond donors (Lipinski definition) is 1. The second-order valence-corrected chi connectivity index (χ2v) is 8.30. The Hall–Kier alpha value is -1.64. The zero-order valence-electron chi connectivity index (χ0n) is 13.6. The zero-order chi connectivity index (χ0) is 18.1. The Morgan fingerprint density at radius 3 is 2.50 bits per heavy atom. The lowest BCUT2D eigenvalue weighted by Gasteiger charge is -2.16. The van der Waals surface area contributed by atoms with Crippen LogP contribution in [0.4, 0.5) is 5.69 Å². The predicted molar refractivity (Wildman–Crippen MR) is 89.2 cm³/mol. The topological polar surface area (TPSA) is 92.8 Å². The number of nitrogens with one attached hydrogen (secondary N) is 1. The molecule has 1 atom stereocenters. The van der Waals surface area contributed by atoms with Gasteiger partial charge in [-0.1, -0.05) is 11.6 Å². The maximum Gasteiger partial charge on any atom is 0.309 e. The van der Waals surface area contributed by atoms with E-state index in [1.54, 1.807) is 0 Å². The third-order valence-corrected chi connectivity index (χ3v) is 5.83. The molecule has 1 amide bonds. The smallest absolute Gasteiger partial charge is 0.309 e. The van der Waals surface area contributed by atoms with E-state index in [0.29, 0.717) is 0 Å². The Labute approximate surface area is 146 Å². The van der Waals surface area contributed by atoms with Crippen molar-refractivity contribution in [2.24, 2.45) is 5.92 Å². The van der Waals surface area contributed by atoms with Crippen LogP contribution in [-0.2, 0) is 24.3 Å². The number of nitrogens with zero attached hydrogens (tertiary/aromatic N) is 1. The lowest BCUT2D eigenvalue weighted by molar-refractivity contribution is -0.154. The van der Waals surface area contributed by atoms with Crippen molar-refractivity contribution in [2.45, 2.75) is 30.8 Å². The summed E-state index contributed by atoms with van der Waals surface area (Å²) in [7, 11) is -0.973. The number of hydrogen-bond acceptors (Lipinski definition) is 5. The van der Waals surface area contributed by atoms with Crippen LogP contribution in [0, 0.1) is 5.92 Å². The summed E-state index contributed by atoms with van der Waals surface area (Å²) < 4.78 is 30.5. The number of anilines is 1. The fourth-order valence-electron chi connectivity index (χ4n) is 1.86. The average molecular weight is 375 g/mol. The minimum absolute atomic E-state index is 0.0508. The van der Waals surface area contributed by atoms with E-state index < -0.39 is 22.0 Å². The van der Waals surface area contributed by atoms with Crippen molar-refractivity contribution in [1.29, 1.82) is 0 Å². The van der Waals surface area contributed by atoms with Crippen LogP contribution in [-0.4, -0.2) is 44.8 Å². The predicted octanol–water partition coefficient (Wildman–Crippen LogP) is 1.87. The van der Waals surface area contributed by atoms with Gasteiger partial charge in [0.2, 0.25) is 10.0 Å². The quantitative estimate of drug-likeness (QED) is 0.767. The molecule has 0 unspecified atom stereocenters. The van der Waals surface area contributed by atoms with Gasteiger partial charge < -0.3 is 10.1 Å². The van der Waals surface area contributed by atoms with Crippen molar-refractivity contribution >= 4 is 39.2 Å². The summed E-state index contributed by atoms with van der Waals surface area (Å²) >= 11 is 5.95. The van der Waals surface area contributed by atoms with Gasteiger partial charge >= 0.3 is 5.97 Å². The SMILES string of the molecule is C[C@@H](OC(=O)C1CC1)C(=O)Nc1ccc(Cl)c(S(=O)(=O)N(C)C)c1. The van der Waals surface area contributed by atoms with Crippen molar-refractivity contribution in [3.8, 4) is 0 Å². The van der Waals surface area contributed by atoms with Crippen LogP contribution in [0.2, 0.25) is 5.02 Å². The number of carbonyl (C=O) groups excluding carboxylic acids is 2. The van der Waals surface area contributed by atoms with E-state index >= 15 is 0 Å². The maximum atomic E-state index is 12.2. The number of carbonyl (C=O) groups is 2. The standard InChI is InChI=1S/C15H19ClN2O5S/c1-9(23-15(20)10-4-5-10)14(19)17-11-6-7-12(16)13(8-11)24(21,22)18(2)3/h6-10H,4-5H2,1-3H3,(H,17,19)/t9-/m1/s1. The molecular formula is C15H19ClN2O5S. The van der Waals surface area contributed by atoms with Gasteiger partial charge in [-0.25, -0.2) is 12.7 Å². The lowest BCUT2D eigenvalue weighted by atomic mass is 10.3. The highest BCUT2D eigenvalue weighted by Gasteiger charge is 2.33. The molecular weight excluding hydrogens is 356 g/mol. The van der Waals surface area contributed by atoms with Crippen molar-refractivity contribution in [2.75, 3.05) is 19.4 Å². The number of halogens is 1. The zero-order valence-corrected chi connectivity index (χ0v) is 15.1. The molecule has 2 rings (SSSR count). The molecule has 0 bridgehead atoms. The van der Waals surface area contributed by atoms with Crippen LogP contribution < -0.4 is 5.32 Å². The van der Waals surface area contributed by atoms with Gasteiger partial charge in [-0.2, -0.15) is 0 Å². The number of ether oxygens (including phenoxy) is 1. The minimum Gasteiger partial charge on any atom is -0.452 e. The monoisotopic (exact) mass is 374 g/mol. The van der Waals surface area contributed by atoms with Gasteiger partial charge in [-0.15, -0.1) is 0 Å². The number of amides is 1. The van der Waals surface area contributed by atoms with E-state index in [1.807, 2.05) is 0 Å². The molecule has 0 radical (unpaired) electrons. The summed E-state index contributed by atoms with van der Waals surface area (Å²) in [4.78, 5) is 23.5. The molecule has 1 fully saturated rings. The van der Waals surface area contributed by atoms with Crippen LogP contribution in [0.25, 0.3) is 0 Å². The molecule has 1 aromatic carbocycles. The summed E-state index contributed by atoms with van der Waals surface area (Å²) in [5, 5.41) is 2.58. The molecule has 24 heavy (non-hydrogen) atoms. The Kier molecular flexibility index (Phi) is 5.52. The Balaban J connectivity index is 2.12. The maximum absolute atomic E-state index is 12.2. The van der Waals surface area contributed by atoms with Crippen LogP contribution in [0.15, 0.2) is 23.1 Å². The molecule has 0 spiro atoms. The molecule has 1 aromatic rings. The van der Waals surface area contributed by atoms with Gasteiger partial charge in [0.05, 0.1) is 10.9 Å². The summed E-state index contributed by atoms with van der Waals surface area (Å²) in [6, 6.07) is 4.13. The van der Waals surface area contributed by atoms with E-state index in [1.165, 1.54) is 39.2 Å². The third kappa shape index (κ3) is 4.25.